The average Bonchev–Trinajstić information content (AvgIpc) is 3.15. The molecule has 5 aromatic carbocycles. The van der Waals surface area contributed by atoms with Crippen molar-refractivity contribution in [1.29, 1.82) is 0 Å². The number of aromatic carboxylic acids is 1. The van der Waals surface area contributed by atoms with Crippen molar-refractivity contribution in [3.8, 4) is 0 Å². The molecule has 0 amide bonds. The molecule has 6 rings (SSSR count). The van der Waals surface area contributed by atoms with E-state index in [2.05, 4.69) is 0 Å². The monoisotopic (exact) mass is 674 g/mol. The van der Waals surface area contributed by atoms with Crippen LogP contribution in [0.5, 0.6) is 0 Å². The molecule has 2 N–H and O–H groups in total. The quantitative estimate of drug-likeness (QED) is 0.120. The topological polar surface area (TPSA) is 104 Å². The van der Waals surface area contributed by atoms with E-state index in [9.17, 15) is 15.0 Å². The second-order valence-corrected chi connectivity index (χ2v) is 12.4. The van der Waals surface area contributed by atoms with Crippen molar-refractivity contribution in [3.05, 3.63) is 178 Å². The fraction of sp³-hybridized carbons (Fsp3) is 0.262. The molecule has 1 heterocycles. The molecule has 5 unspecified atom stereocenters. The Kier molecular flexibility index (Phi) is 11.8. The minimum atomic E-state index is -2.15. The van der Waals surface area contributed by atoms with E-state index in [4.69, 9.17) is 23.7 Å². The molecule has 1 aliphatic rings. The average molecular weight is 675 g/mol. The van der Waals surface area contributed by atoms with Gasteiger partial charge < -0.3 is 33.9 Å². The Bertz CT molecular complexity index is 1780. The highest BCUT2D eigenvalue weighted by Crippen LogP contribution is 2.43. The van der Waals surface area contributed by atoms with E-state index >= 15 is 0 Å². The first kappa shape index (κ1) is 35.2. The number of aliphatic hydroxyl groups is 1. The van der Waals surface area contributed by atoms with Crippen molar-refractivity contribution >= 4 is 5.97 Å². The second-order valence-electron chi connectivity index (χ2n) is 12.4. The molecular weight excluding hydrogens is 632 g/mol. The van der Waals surface area contributed by atoms with Gasteiger partial charge in [-0.1, -0.05) is 127 Å². The Morgan fingerprint density at radius 3 is 1.60 bits per heavy atom. The predicted molar refractivity (Wildman–Crippen MR) is 188 cm³/mol. The zero-order valence-corrected chi connectivity index (χ0v) is 28.0. The van der Waals surface area contributed by atoms with Gasteiger partial charge in [0.05, 0.1) is 38.6 Å². The van der Waals surface area contributed by atoms with Crippen LogP contribution in [0, 0.1) is 6.92 Å². The number of carboxylic acids is 1. The van der Waals surface area contributed by atoms with Gasteiger partial charge in [-0.3, -0.25) is 0 Å². The molecule has 0 radical (unpaired) electrons. The molecular formula is C42H42O8. The van der Waals surface area contributed by atoms with Gasteiger partial charge in [0.25, 0.3) is 0 Å². The first-order valence-corrected chi connectivity index (χ1v) is 16.7. The number of rotatable bonds is 15. The van der Waals surface area contributed by atoms with Crippen LogP contribution in [-0.2, 0) is 55.9 Å². The summed E-state index contributed by atoms with van der Waals surface area (Å²) < 4.78 is 33.0. The van der Waals surface area contributed by atoms with Crippen LogP contribution in [0.25, 0.3) is 0 Å². The highest BCUT2D eigenvalue weighted by atomic mass is 16.7. The van der Waals surface area contributed by atoms with Crippen molar-refractivity contribution in [2.75, 3.05) is 6.61 Å². The molecule has 1 saturated heterocycles. The fourth-order valence-electron chi connectivity index (χ4n) is 6.21. The van der Waals surface area contributed by atoms with Gasteiger partial charge in [0.15, 0.2) is 0 Å². The summed E-state index contributed by atoms with van der Waals surface area (Å²) in [5, 5.41) is 22.8. The smallest absolute Gasteiger partial charge is 0.335 e. The zero-order valence-electron chi connectivity index (χ0n) is 28.0. The van der Waals surface area contributed by atoms with Crippen molar-refractivity contribution in [1.82, 2.24) is 0 Å². The van der Waals surface area contributed by atoms with E-state index < -0.39 is 36.2 Å². The number of hydrogen-bond donors (Lipinski definition) is 2. The van der Waals surface area contributed by atoms with Crippen LogP contribution in [0.1, 0.15) is 43.7 Å². The maximum absolute atomic E-state index is 12.9. The molecule has 0 bridgehead atoms. The maximum Gasteiger partial charge on any atom is 0.335 e. The summed E-state index contributed by atoms with van der Waals surface area (Å²) in [4.78, 5) is 12.2. The number of benzene rings is 5. The summed E-state index contributed by atoms with van der Waals surface area (Å²) in [6, 6.07) is 43.5. The normalized spacial score (nSPS) is 21.9. The fourth-order valence-corrected chi connectivity index (χ4v) is 6.21. The lowest BCUT2D eigenvalue weighted by molar-refractivity contribution is -0.378. The molecule has 5 aromatic rings. The Hall–Kier alpha value is -4.67. The molecule has 8 heteroatoms. The molecule has 0 aliphatic carbocycles. The number of carboxylic acid groups (broad SMARTS) is 1. The Morgan fingerprint density at radius 1 is 0.640 bits per heavy atom. The summed E-state index contributed by atoms with van der Waals surface area (Å²) in [7, 11) is 0. The Morgan fingerprint density at radius 2 is 1.10 bits per heavy atom. The van der Waals surface area contributed by atoms with E-state index in [1.807, 2.05) is 121 Å². The maximum atomic E-state index is 12.9. The van der Waals surface area contributed by atoms with Crippen LogP contribution in [-0.4, -0.2) is 47.2 Å². The third kappa shape index (κ3) is 8.73. The molecule has 0 spiro atoms. The summed E-state index contributed by atoms with van der Waals surface area (Å²) >= 11 is 0. The van der Waals surface area contributed by atoms with Gasteiger partial charge in [-0.15, -0.1) is 0 Å². The summed E-state index contributed by atoms with van der Waals surface area (Å²) in [5.74, 6) is -3.28. The van der Waals surface area contributed by atoms with E-state index in [0.29, 0.717) is 12.2 Å². The minimum Gasteiger partial charge on any atom is -0.478 e. The lowest BCUT2D eigenvalue weighted by Crippen LogP contribution is -2.65. The van der Waals surface area contributed by atoms with E-state index in [1.165, 1.54) is 12.1 Å². The first-order valence-electron chi connectivity index (χ1n) is 16.7. The minimum absolute atomic E-state index is 0.00511. The zero-order chi connectivity index (χ0) is 34.8. The van der Waals surface area contributed by atoms with Gasteiger partial charge in [-0.05, 0) is 46.9 Å². The Labute approximate surface area is 292 Å². The summed E-state index contributed by atoms with van der Waals surface area (Å²) in [6.07, 6.45) is -3.66. The SMILES string of the molecule is Cc1ccc(C(=O)O)cc1C1(O)OC(COCc2ccccc2)C(OCc2ccccc2)C(OCc2ccccc2)C1OCc1ccccc1. The molecule has 0 aromatic heterocycles. The largest absolute Gasteiger partial charge is 0.478 e. The van der Waals surface area contributed by atoms with Crippen LogP contribution >= 0.6 is 0 Å². The number of ether oxygens (including phenoxy) is 5. The number of carbonyl (C=O) groups is 1. The summed E-state index contributed by atoms with van der Waals surface area (Å²) in [6.45, 7) is 2.72. The lowest BCUT2D eigenvalue weighted by Gasteiger charge is -2.50. The van der Waals surface area contributed by atoms with Crippen LogP contribution in [0.15, 0.2) is 140 Å². The summed E-state index contributed by atoms with van der Waals surface area (Å²) in [5.41, 5.74) is 4.62. The van der Waals surface area contributed by atoms with Crippen LogP contribution in [0.2, 0.25) is 0 Å². The molecule has 0 saturated carbocycles. The Balaban J connectivity index is 1.42. The van der Waals surface area contributed by atoms with Gasteiger partial charge in [-0.25, -0.2) is 4.79 Å². The van der Waals surface area contributed by atoms with Gasteiger partial charge in [0.2, 0.25) is 5.79 Å². The molecule has 50 heavy (non-hydrogen) atoms. The third-order valence-electron chi connectivity index (χ3n) is 8.81. The van der Waals surface area contributed by atoms with Crippen molar-refractivity contribution in [2.45, 2.75) is 63.6 Å². The van der Waals surface area contributed by atoms with E-state index in [0.717, 1.165) is 22.3 Å². The van der Waals surface area contributed by atoms with Gasteiger partial charge in [0, 0.05) is 5.56 Å². The van der Waals surface area contributed by atoms with Gasteiger partial charge in [-0.2, -0.15) is 0 Å². The van der Waals surface area contributed by atoms with Crippen LogP contribution < -0.4 is 0 Å². The molecule has 258 valence electrons. The van der Waals surface area contributed by atoms with Crippen molar-refractivity contribution in [3.63, 3.8) is 0 Å². The van der Waals surface area contributed by atoms with Gasteiger partial charge >= 0.3 is 5.97 Å². The third-order valence-corrected chi connectivity index (χ3v) is 8.81. The highest BCUT2D eigenvalue weighted by molar-refractivity contribution is 5.88. The van der Waals surface area contributed by atoms with E-state index in [1.54, 1.807) is 13.0 Å². The van der Waals surface area contributed by atoms with Crippen LogP contribution in [0.4, 0.5) is 0 Å². The lowest BCUT2D eigenvalue weighted by atomic mass is 9.85. The molecule has 1 aliphatic heterocycles. The highest BCUT2D eigenvalue weighted by Gasteiger charge is 2.57. The molecule has 8 nitrogen and oxygen atoms in total. The first-order chi connectivity index (χ1) is 24.4. The number of aryl methyl sites for hydroxylation is 1. The standard InChI is InChI=1S/C42H42O8/c1-30-22-23-35(41(43)44)24-36(30)42(45)40(49-28-34-20-12-5-13-21-34)39(48-27-33-18-10-4-11-19-33)38(47-26-32-16-8-3-9-17-32)37(50-42)29-46-25-31-14-6-2-7-15-31/h2-24,37-40,45H,25-29H2,1H3,(H,43,44). The number of hydrogen-bond acceptors (Lipinski definition) is 7. The van der Waals surface area contributed by atoms with Gasteiger partial charge in [0.1, 0.15) is 24.4 Å². The molecule has 1 fully saturated rings. The van der Waals surface area contributed by atoms with Crippen LogP contribution in [0.3, 0.4) is 0 Å². The van der Waals surface area contributed by atoms with Crippen molar-refractivity contribution < 1.29 is 38.7 Å². The van der Waals surface area contributed by atoms with E-state index in [-0.39, 0.29) is 37.6 Å². The predicted octanol–water partition coefficient (Wildman–Crippen LogP) is 7.21. The molecule has 5 atom stereocenters. The van der Waals surface area contributed by atoms with Crippen molar-refractivity contribution in [2.24, 2.45) is 0 Å². The second kappa shape index (κ2) is 16.8.